The topological polar surface area (TPSA) is 91.4 Å². The summed E-state index contributed by atoms with van der Waals surface area (Å²) in [4.78, 5) is 45.3. The molecule has 10 heteroatoms. The first-order valence-corrected chi connectivity index (χ1v) is 14.5. The number of urea groups is 1. The van der Waals surface area contributed by atoms with E-state index < -0.39 is 17.8 Å². The molecule has 0 aliphatic carbocycles. The van der Waals surface area contributed by atoms with Crippen molar-refractivity contribution in [1.29, 1.82) is 0 Å². The van der Waals surface area contributed by atoms with Crippen molar-refractivity contribution in [3.63, 3.8) is 0 Å². The number of amides is 3. The van der Waals surface area contributed by atoms with Crippen molar-refractivity contribution < 1.29 is 28.2 Å². The van der Waals surface area contributed by atoms with Crippen LogP contribution in [0.2, 0.25) is 0 Å². The predicted molar refractivity (Wildman–Crippen MR) is 159 cm³/mol. The lowest BCUT2D eigenvalue weighted by molar-refractivity contribution is -0.139. The van der Waals surface area contributed by atoms with Crippen molar-refractivity contribution in [2.24, 2.45) is 0 Å². The van der Waals surface area contributed by atoms with Crippen LogP contribution < -0.4 is 10.1 Å². The highest BCUT2D eigenvalue weighted by molar-refractivity contribution is 5.95. The summed E-state index contributed by atoms with van der Waals surface area (Å²) in [5.74, 6) is 0.195. The molecule has 0 spiro atoms. The number of halogens is 1. The van der Waals surface area contributed by atoms with Gasteiger partial charge in [-0.25, -0.2) is 14.0 Å². The van der Waals surface area contributed by atoms with Crippen molar-refractivity contribution in [2.45, 2.75) is 19.9 Å². The van der Waals surface area contributed by atoms with Gasteiger partial charge in [-0.3, -0.25) is 14.6 Å². The smallest absolute Gasteiger partial charge is 0.338 e. The molecule has 2 aliphatic heterocycles. The van der Waals surface area contributed by atoms with E-state index in [1.165, 1.54) is 24.3 Å². The molecule has 1 atom stereocenters. The van der Waals surface area contributed by atoms with Crippen LogP contribution >= 0.6 is 0 Å². The predicted octanol–water partition coefficient (Wildman–Crippen LogP) is 4.98. The van der Waals surface area contributed by atoms with Gasteiger partial charge in [-0.1, -0.05) is 30.3 Å². The third-order valence-electron chi connectivity index (χ3n) is 7.54. The fourth-order valence-electron chi connectivity index (χ4n) is 5.39. The Bertz CT molecular complexity index is 1490. The molecule has 1 saturated heterocycles. The molecule has 43 heavy (non-hydrogen) atoms. The minimum atomic E-state index is -0.745. The minimum Gasteiger partial charge on any atom is -0.463 e. The molecular weight excluding hydrogens is 551 g/mol. The number of nitrogens with zero attached hydrogens (tertiary/aromatic N) is 3. The van der Waals surface area contributed by atoms with E-state index in [4.69, 9.17) is 9.47 Å². The summed E-state index contributed by atoms with van der Waals surface area (Å²) in [5, 5.41) is 3.00. The first-order chi connectivity index (χ1) is 20.9. The number of esters is 1. The monoisotopic (exact) mass is 586 g/mol. The van der Waals surface area contributed by atoms with Crippen LogP contribution in [0.15, 0.2) is 90.1 Å². The number of rotatable bonds is 9. The molecule has 0 radical (unpaired) electrons. The highest BCUT2D eigenvalue weighted by Gasteiger charge is 2.39. The molecule has 0 bridgehead atoms. The lowest BCUT2D eigenvalue weighted by atomic mass is 9.94. The standard InChI is InChI=1S/C33H35FN4O5/c1-3-38-28(22-36-17-19-37(20-18-36)31(39)23-13-15-25(34)16-14-23)29(32(40)42-4-2)30(35-33(38)41)24-9-8-12-27(21-24)43-26-10-6-5-7-11-26/h5-16,21,30H,3-4,17-20,22H2,1-2H3,(H,35,41)/t30-/m0/s1. The molecule has 1 N–H and O–H groups in total. The third-order valence-corrected chi connectivity index (χ3v) is 7.54. The Kier molecular flexibility index (Phi) is 9.36. The van der Waals surface area contributed by atoms with Crippen LogP contribution in [0, 0.1) is 5.82 Å². The molecule has 1 fully saturated rings. The summed E-state index contributed by atoms with van der Waals surface area (Å²) in [5.41, 5.74) is 2.06. The molecule has 0 aromatic heterocycles. The molecule has 2 heterocycles. The van der Waals surface area contributed by atoms with Gasteiger partial charge >= 0.3 is 12.0 Å². The normalized spacial score (nSPS) is 17.5. The second-order valence-electron chi connectivity index (χ2n) is 10.3. The number of benzene rings is 3. The highest BCUT2D eigenvalue weighted by atomic mass is 19.1. The lowest BCUT2D eigenvalue weighted by Gasteiger charge is -2.40. The molecule has 9 nitrogen and oxygen atoms in total. The van der Waals surface area contributed by atoms with Gasteiger partial charge in [0.1, 0.15) is 17.3 Å². The molecule has 5 rings (SSSR count). The summed E-state index contributed by atoms with van der Waals surface area (Å²) < 4.78 is 24.9. The van der Waals surface area contributed by atoms with E-state index in [9.17, 15) is 18.8 Å². The zero-order valence-corrected chi connectivity index (χ0v) is 24.3. The van der Waals surface area contributed by atoms with Crippen molar-refractivity contribution >= 4 is 17.9 Å². The van der Waals surface area contributed by atoms with E-state index in [0.717, 1.165) is 0 Å². The second-order valence-corrected chi connectivity index (χ2v) is 10.3. The quantitative estimate of drug-likeness (QED) is 0.356. The number of ether oxygens (including phenoxy) is 2. The average molecular weight is 587 g/mol. The number of carbonyl (C=O) groups excluding carboxylic acids is 3. The first-order valence-electron chi connectivity index (χ1n) is 14.5. The number of piperazine rings is 1. The van der Waals surface area contributed by atoms with E-state index in [-0.39, 0.29) is 18.5 Å². The zero-order chi connectivity index (χ0) is 30.3. The van der Waals surface area contributed by atoms with Crippen LogP contribution in [-0.2, 0) is 9.53 Å². The summed E-state index contributed by atoms with van der Waals surface area (Å²) in [6.45, 7) is 6.46. The zero-order valence-electron chi connectivity index (χ0n) is 24.3. The maximum absolute atomic E-state index is 13.5. The Morgan fingerprint density at radius 1 is 0.907 bits per heavy atom. The first kappa shape index (κ1) is 29.8. The average Bonchev–Trinajstić information content (AvgIpc) is 3.02. The number of carbonyl (C=O) groups is 3. The Labute approximate surface area is 250 Å². The Hall–Kier alpha value is -4.70. The molecular formula is C33H35FN4O5. The Morgan fingerprint density at radius 3 is 2.28 bits per heavy atom. The van der Waals surface area contributed by atoms with Gasteiger partial charge in [0.2, 0.25) is 0 Å². The molecule has 224 valence electrons. The van der Waals surface area contributed by atoms with Gasteiger partial charge in [-0.05, 0) is 67.9 Å². The van der Waals surface area contributed by atoms with Crippen molar-refractivity contribution in [1.82, 2.24) is 20.0 Å². The molecule has 3 aromatic carbocycles. The summed E-state index contributed by atoms with van der Waals surface area (Å²) in [7, 11) is 0. The van der Waals surface area contributed by atoms with Gasteiger partial charge in [-0.15, -0.1) is 0 Å². The van der Waals surface area contributed by atoms with Gasteiger partial charge < -0.3 is 19.7 Å². The van der Waals surface area contributed by atoms with E-state index in [1.54, 1.807) is 16.7 Å². The van der Waals surface area contributed by atoms with Gasteiger partial charge in [-0.2, -0.15) is 0 Å². The van der Waals surface area contributed by atoms with Crippen molar-refractivity contribution in [2.75, 3.05) is 45.9 Å². The molecule has 3 aromatic rings. The number of nitrogens with one attached hydrogen (secondary N) is 1. The van der Waals surface area contributed by atoms with Gasteiger partial charge in [0.25, 0.3) is 5.91 Å². The number of hydrogen-bond acceptors (Lipinski definition) is 6. The summed E-state index contributed by atoms with van der Waals surface area (Å²) in [6.07, 6.45) is 0. The highest BCUT2D eigenvalue weighted by Crippen LogP contribution is 2.34. The second kappa shape index (κ2) is 13.5. The largest absolute Gasteiger partial charge is 0.463 e. The van der Waals surface area contributed by atoms with E-state index in [1.807, 2.05) is 61.5 Å². The van der Waals surface area contributed by atoms with Crippen LogP contribution in [0.25, 0.3) is 0 Å². The SMILES string of the molecule is CCOC(=O)C1=C(CN2CCN(C(=O)c3ccc(F)cc3)CC2)N(CC)C(=O)N[C@H]1c1cccc(Oc2ccccc2)c1. The maximum atomic E-state index is 13.5. The van der Waals surface area contributed by atoms with Gasteiger partial charge in [0.15, 0.2) is 0 Å². The van der Waals surface area contributed by atoms with Crippen LogP contribution in [0.4, 0.5) is 9.18 Å². The van der Waals surface area contributed by atoms with E-state index in [0.29, 0.717) is 73.2 Å². The van der Waals surface area contributed by atoms with Crippen LogP contribution in [-0.4, -0.2) is 78.5 Å². The lowest BCUT2D eigenvalue weighted by Crippen LogP contribution is -2.53. The fraction of sp³-hybridized carbons (Fsp3) is 0.303. The van der Waals surface area contributed by atoms with Crippen LogP contribution in [0.3, 0.4) is 0 Å². The molecule has 0 unspecified atom stereocenters. The molecule has 0 saturated carbocycles. The molecule has 3 amide bonds. The van der Waals surface area contributed by atoms with Crippen LogP contribution in [0.1, 0.15) is 35.8 Å². The van der Waals surface area contributed by atoms with Crippen molar-refractivity contribution in [3.05, 3.63) is 107 Å². The number of para-hydroxylation sites is 1. The maximum Gasteiger partial charge on any atom is 0.338 e. The van der Waals surface area contributed by atoms with Gasteiger partial charge in [0.05, 0.1) is 18.2 Å². The van der Waals surface area contributed by atoms with Crippen LogP contribution in [0.5, 0.6) is 11.5 Å². The Morgan fingerprint density at radius 2 is 1.60 bits per heavy atom. The van der Waals surface area contributed by atoms with Crippen molar-refractivity contribution in [3.8, 4) is 11.5 Å². The number of likely N-dealkylation sites (N-methyl/N-ethyl adjacent to an activating group) is 1. The van der Waals surface area contributed by atoms with E-state index >= 15 is 0 Å². The number of hydrogen-bond donors (Lipinski definition) is 1. The van der Waals surface area contributed by atoms with E-state index in [2.05, 4.69) is 10.2 Å². The minimum absolute atomic E-state index is 0.157. The molecule has 2 aliphatic rings. The third kappa shape index (κ3) is 6.86. The summed E-state index contributed by atoms with van der Waals surface area (Å²) >= 11 is 0. The fourth-order valence-corrected chi connectivity index (χ4v) is 5.39. The summed E-state index contributed by atoms with van der Waals surface area (Å²) in [6, 6.07) is 21.2. The van der Waals surface area contributed by atoms with Gasteiger partial charge in [0, 0.05) is 50.5 Å². The Balaban J connectivity index is 1.41.